The van der Waals surface area contributed by atoms with Gasteiger partial charge in [0.2, 0.25) is 11.8 Å². The Hall–Kier alpha value is -2.37. The van der Waals surface area contributed by atoms with Crippen LogP contribution in [0.2, 0.25) is 0 Å². The molecular weight excluding hydrogens is 332 g/mol. The number of carboxylic acids is 1. The van der Waals surface area contributed by atoms with E-state index < -0.39 is 17.8 Å². The highest BCUT2D eigenvalue weighted by Gasteiger charge is 2.37. The summed E-state index contributed by atoms with van der Waals surface area (Å²) in [6.45, 7) is 6.68. The second kappa shape index (κ2) is 8.83. The van der Waals surface area contributed by atoms with Crippen molar-refractivity contribution in [2.75, 3.05) is 18.0 Å². The Morgan fingerprint density at radius 1 is 1.27 bits per heavy atom. The number of carboxylic acid groups (broad SMARTS) is 1. The summed E-state index contributed by atoms with van der Waals surface area (Å²) in [6, 6.07) is 7.83. The van der Waals surface area contributed by atoms with Gasteiger partial charge in [0.05, 0.1) is 5.92 Å². The molecule has 2 atom stereocenters. The van der Waals surface area contributed by atoms with E-state index in [1.165, 1.54) is 5.56 Å². The van der Waals surface area contributed by atoms with E-state index in [9.17, 15) is 14.4 Å². The van der Waals surface area contributed by atoms with Gasteiger partial charge in [0.1, 0.15) is 5.92 Å². The lowest BCUT2D eigenvalue weighted by Crippen LogP contribution is -2.40. The molecule has 1 fully saturated rings. The summed E-state index contributed by atoms with van der Waals surface area (Å²) in [5.41, 5.74) is 1.99. The number of amides is 2. The maximum Gasteiger partial charge on any atom is 0.308 e. The van der Waals surface area contributed by atoms with Gasteiger partial charge in [-0.15, -0.1) is 0 Å². The molecule has 1 saturated heterocycles. The van der Waals surface area contributed by atoms with Crippen LogP contribution in [0.4, 0.5) is 5.69 Å². The molecule has 0 aliphatic carbocycles. The SMILES string of the molecule is CCCC(CNC(=O)C1CCN(c2ccc(C(C)C)cc2)C1=O)C(=O)O. The number of hydrogen-bond donors (Lipinski definition) is 2. The van der Waals surface area contributed by atoms with Crippen molar-refractivity contribution < 1.29 is 19.5 Å². The molecule has 1 aromatic carbocycles. The third-order valence-corrected chi connectivity index (χ3v) is 4.90. The van der Waals surface area contributed by atoms with Crippen LogP contribution in [-0.4, -0.2) is 36.0 Å². The summed E-state index contributed by atoms with van der Waals surface area (Å²) in [4.78, 5) is 37.8. The molecule has 142 valence electrons. The predicted octanol–water partition coefficient (Wildman–Crippen LogP) is 2.78. The monoisotopic (exact) mass is 360 g/mol. The van der Waals surface area contributed by atoms with Crippen molar-refractivity contribution >= 4 is 23.5 Å². The van der Waals surface area contributed by atoms with Gasteiger partial charge in [-0.25, -0.2) is 0 Å². The fourth-order valence-electron chi connectivity index (χ4n) is 3.23. The first-order chi connectivity index (χ1) is 12.3. The van der Waals surface area contributed by atoms with Gasteiger partial charge in [-0.2, -0.15) is 0 Å². The molecule has 1 aliphatic heterocycles. The van der Waals surface area contributed by atoms with Crippen LogP contribution in [0.25, 0.3) is 0 Å². The van der Waals surface area contributed by atoms with Crippen LogP contribution in [0.15, 0.2) is 24.3 Å². The second-order valence-electron chi connectivity index (χ2n) is 7.15. The Kier molecular flexibility index (Phi) is 6.77. The Bertz CT molecular complexity index is 654. The van der Waals surface area contributed by atoms with E-state index in [2.05, 4.69) is 19.2 Å². The molecule has 2 rings (SSSR count). The molecular formula is C20H28N2O4. The highest BCUT2D eigenvalue weighted by atomic mass is 16.4. The normalized spacial score (nSPS) is 18.2. The zero-order valence-corrected chi connectivity index (χ0v) is 15.7. The van der Waals surface area contributed by atoms with Crippen molar-refractivity contribution in [3.8, 4) is 0 Å². The van der Waals surface area contributed by atoms with Crippen LogP contribution >= 0.6 is 0 Å². The van der Waals surface area contributed by atoms with Gasteiger partial charge in [0.25, 0.3) is 0 Å². The fraction of sp³-hybridized carbons (Fsp3) is 0.550. The smallest absolute Gasteiger partial charge is 0.308 e. The molecule has 0 radical (unpaired) electrons. The van der Waals surface area contributed by atoms with Crippen molar-refractivity contribution in [3.05, 3.63) is 29.8 Å². The molecule has 26 heavy (non-hydrogen) atoms. The van der Waals surface area contributed by atoms with E-state index in [1.807, 2.05) is 31.2 Å². The van der Waals surface area contributed by atoms with E-state index in [1.54, 1.807) is 4.90 Å². The fourth-order valence-corrected chi connectivity index (χ4v) is 3.23. The van der Waals surface area contributed by atoms with Gasteiger partial charge in [0.15, 0.2) is 0 Å². The summed E-state index contributed by atoms with van der Waals surface area (Å²) in [7, 11) is 0. The standard InChI is InChI=1S/C20H28N2O4/c1-4-5-15(20(25)26)12-21-18(23)17-10-11-22(19(17)24)16-8-6-14(7-9-16)13(2)3/h6-9,13,15,17H,4-5,10-12H2,1-3H3,(H,21,23)(H,25,26). The lowest BCUT2D eigenvalue weighted by Gasteiger charge is -2.18. The van der Waals surface area contributed by atoms with Crippen LogP contribution in [0.3, 0.4) is 0 Å². The third-order valence-electron chi connectivity index (χ3n) is 4.90. The second-order valence-corrected chi connectivity index (χ2v) is 7.15. The lowest BCUT2D eigenvalue weighted by molar-refractivity contribution is -0.142. The Balaban J connectivity index is 1.97. The number of aliphatic carboxylic acids is 1. The average molecular weight is 360 g/mol. The third kappa shape index (κ3) is 4.62. The first kappa shape index (κ1) is 19.9. The topological polar surface area (TPSA) is 86.7 Å². The predicted molar refractivity (Wildman–Crippen MR) is 100 cm³/mol. The number of carbonyl (C=O) groups excluding carboxylic acids is 2. The summed E-state index contributed by atoms with van der Waals surface area (Å²) < 4.78 is 0. The maximum absolute atomic E-state index is 12.6. The van der Waals surface area contributed by atoms with Crippen LogP contribution in [0.5, 0.6) is 0 Å². The molecule has 1 heterocycles. The summed E-state index contributed by atoms with van der Waals surface area (Å²) in [5, 5.41) is 11.8. The zero-order chi connectivity index (χ0) is 19.3. The highest BCUT2D eigenvalue weighted by Crippen LogP contribution is 2.27. The number of carbonyl (C=O) groups is 3. The van der Waals surface area contributed by atoms with Crippen molar-refractivity contribution in [1.29, 1.82) is 0 Å². The molecule has 1 aliphatic rings. The number of anilines is 1. The first-order valence-corrected chi connectivity index (χ1v) is 9.27. The molecule has 6 nitrogen and oxygen atoms in total. The van der Waals surface area contributed by atoms with E-state index in [0.717, 1.165) is 12.1 Å². The van der Waals surface area contributed by atoms with E-state index >= 15 is 0 Å². The van der Waals surface area contributed by atoms with Gasteiger partial charge in [-0.1, -0.05) is 39.3 Å². The molecule has 2 N–H and O–H groups in total. The molecule has 0 aromatic heterocycles. The van der Waals surface area contributed by atoms with Gasteiger partial charge in [0, 0.05) is 18.8 Å². The van der Waals surface area contributed by atoms with Crippen molar-refractivity contribution in [2.24, 2.45) is 11.8 Å². The molecule has 2 unspecified atom stereocenters. The summed E-state index contributed by atoms with van der Waals surface area (Å²) >= 11 is 0. The highest BCUT2D eigenvalue weighted by molar-refractivity contribution is 6.09. The Labute approximate surface area is 154 Å². The van der Waals surface area contributed by atoms with E-state index in [-0.39, 0.29) is 18.4 Å². The zero-order valence-electron chi connectivity index (χ0n) is 15.7. The molecule has 2 amide bonds. The summed E-state index contributed by atoms with van der Waals surface area (Å²) in [6.07, 6.45) is 1.68. The number of hydrogen-bond acceptors (Lipinski definition) is 3. The number of nitrogens with one attached hydrogen (secondary N) is 1. The molecule has 1 aromatic rings. The van der Waals surface area contributed by atoms with Gasteiger partial charge < -0.3 is 15.3 Å². The molecule has 0 spiro atoms. The van der Waals surface area contributed by atoms with Crippen molar-refractivity contribution in [1.82, 2.24) is 5.32 Å². The maximum atomic E-state index is 12.6. The van der Waals surface area contributed by atoms with E-state index in [0.29, 0.717) is 25.3 Å². The van der Waals surface area contributed by atoms with Crippen LogP contribution in [0, 0.1) is 11.8 Å². The van der Waals surface area contributed by atoms with Gasteiger partial charge >= 0.3 is 5.97 Å². The minimum absolute atomic E-state index is 0.0644. The largest absolute Gasteiger partial charge is 0.481 e. The Morgan fingerprint density at radius 2 is 1.92 bits per heavy atom. The van der Waals surface area contributed by atoms with Crippen LogP contribution < -0.4 is 10.2 Å². The molecule has 6 heteroatoms. The molecule has 0 saturated carbocycles. The average Bonchev–Trinajstić information content (AvgIpc) is 2.99. The quantitative estimate of drug-likeness (QED) is 0.698. The molecule has 0 bridgehead atoms. The van der Waals surface area contributed by atoms with E-state index in [4.69, 9.17) is 5.11 Å². The number of benzene rings is 1. The minimum atomic E-state index is -0.920. The van der Waals surface area contributed by atoms with Crippen molar-refractivity contribution in [3.63, 3.8) is 0 Å². The lowest BCUT2D eigenvalue weighted by atomic mass is 10.0. The number of nitrogens with zero attached hydrogens (tertiary/aromatic N) is 1. The van der Waals surface area contributed by atoms with Gasteiger partial charge in [-0.05, 0) is 36.5 Å². The minimum Gasteiger partial charge on any atom is -0.481 e. The van der Waals surface area contributed by atoms with Crippen LogP contribution in [-0.2, 0) is 14.4 Å². The first-order valence-electron chi connectivity index (χ1n) is 9.27. The Morgan fingerprint density at radius 3 is 2.46 bits per heavy atom. The van der Waals surface area contributed by atoms with Crippen LogP contribution in [0.1, 0.15) is 51.5 Å². The van der Waals surface area contributed by atoms with Gasteiger partial charge in [-0.3, -0.25) is 14.4 Å². The van der Waals surface area contributed by atoms with Crippen molar-refractivity contribution in [2.45, 2.75) is 46.0 Å². The number of rotatable bonds is 8. The summed E-state index contributed by atoms with van der Waals surface area (Å²) in [5.74, 6) is -2.45.